The van der Waals surface area contributed by atoms with Gasteiger partial charge in [-0.1, -0.05) is 0 Å². The number of aliphatic carboxylic acids is 1. The molecule has 82 valence electrons. The molecule has 1 heterocycles. The summed E-state index contributed by atoms with van der Waals surface area (Å²) in [5, 5.41) is 8.56. The number of rotatable bonds is 3. The van der Waals surface area contributed by atoms with Crippen molar-refractivity contribution in [1.29, 1.82) is 0 Å². The van der Waals surface area contributed by atoms with Crippen LogP contribution in [0.15, 0.2) is 0 Å². The van der Waals surface area contributed by atoms with Gasteiger partial charge in [0, 0.05) is 5.75 Å². The van der Waals surface area contributed by atoms with E-state index in [-0.39, 0.29) is 11.1 Å². The minimum atomic E-state index is -3.41. The van der Waals surface area contributed by atoms with Crippen LogP contribution in [0, 0.1) is 0 Å². The predicted molar refractivity (Wildman–Crippen MR) is 54.6 cm³/mol. The van der Waals surface area contributed by atoms with Crippen LogP contribution < -0.4 is 0 Å². The lowest BCUT2D eigenvalue weighted by Gasteiger charge is -2.23. The highest BCUT2D eigenvalue weighted by molar-refractivity contribution is 8.01. The molecule has 2 atom stereocenters. The highest BCUT2D eigenvalue weighted by Gasteiger charge is 2.42. The zero-order valence-corrected chi connectivity index (χ0v) is 9.64. The van der Waals surface area contributed by atoms with Gasteiger partial charge in [-0.05, 0) is 13.8 Å². The number of carboxylic acid groups (broad SMARTS) is 1. The van der Waals surface area contributed by atoms with Crippen molar-refractivity contribution in [2.75, 3.05) is 11.5 Å². The molecule has 0 aliphatic carbocycles. The molecule has 0 aromatic rings. The quantitative estimate of drug-likeness (QED) is 0.760. The fourth-order valence-electron chi connectivity index (χ4n) is 1.38. The Labute approximate surface area is 87.5 Å². The highest BCUT2D eigenvalue weighted by Crippen LogP contribution is 2.31. The fraction of sp³-hybridized carbons (Fsp3) is 0.857. The van der Waals surface area contributed by atoms with Gasteiger partial charge in [0.15, 0.2) is 0 Å². The first-order valence-corrected chi connectivity index (χ1v) is 6.91. The number of thioether (sulfide) groups is 1. The van der Waals surface area contributed by atoms with Gasteiger partial charge < -0.3 is 5.11 Å². The maximum absolute atomic E-state index is 11.6. The van der Waals surface area contributed by atoms with E-state index in [1.165, 1.54) is 18.7 Å². The van der Waals surface area contributed by atoms with Crippen LogP contribution in [0.2, 0.25) is 0 Å². The summed E-state index contributed by atoms with van der Waals surface area (Å²) in [6.45, 7) is 3.23. The molecule has 0 saturated carbocycles. The molecular formula is C7H13NO4S2. The second kappa shape index (κ2) is 4.08. The summed E-state index contributed by atoms with van der Waals surface area (Å²) in [5.41, 5.74) is 0. The summed E-state index contributed by atoms with van der Waals surface area (Å²) < 4.78 is 24.2. The van der Waals surface area contributed by atoms with E-state index in [2.05, 4.69) is 0 Å². The monoisotopic (exact) mass is 239 g/mol. The van der Waals surface area contributed by atoms with E-state index in [0.717, 1.165) is 4.31 Å². The van der Waals surface area contributed by atoms with E-state index in [1.807, 2.05) is 0 Å². The third kappa shape index (κ3) is 2.04. The molecule has 1 N–H and O–H groups in total. The Morgan fingerprint density at radius 1 is 1.64 bits per heavy atom. The second-order valence-corrected chi connectivity index (χ2v) is 6.53. The van der Waals surface area contributed by atoms with Crippen molar-refractivity contribution in [3.63, 3.8) is 0 Å². The maximum Gasteiger partial charge on any atom is 0.322 e. The summed E-state index contributed by atoms with van der Waals surface area (Å²) in [5.74, 6) is -0.795. The molecular weight excluding hydrogens is 226 g/mol. The second-order valence-electron chi connectivity index (χ2n) is 3.02. The zero-order valence-electron chi connectivity index (χ0n) is 8.00. The van der Waals surface area contributed by atoms with E-state index in [4.69, 9.17) is 5.11 Å². The largest absolute Gasteiger partial charge is 0.480 e. The van der Waals surface area contributed by atoms with E-state index < -0.39 is 22.0 Å². The molecule has 0 radical (unpaired) electrons. The van der Waals surface area contributed by atoms with E-state index in [0.29, 0.717) is 5.75 Å². The Bertz CT molecular complexity index is 327. The van der Waals surface area contributed by atoms with Crippen LogP contribution in [0.25, 0.3) is 0 Å². The normalized spacial score (nSPS) is 29.3. The Morgan fingerprint density at radius 3 is 2.64 bits per heavy atom. The lowest BCUT2D eigenvalue weighted by Crippen LogP contribution is -2.45. The van der Waals surface area contributed by atoms with Crippen LogP contribution in [0.3, 0.4) is 0 Å². The first kappa shape index (κ1) is 11.8. The first-order chi connectivity index (χ1) is 6.40. The molecule has 1 saturated heterocycles. The van der Waals surface area contributed by atoms with Gasteiger partial charge in [0.1, 0.15) is 6.04 Å². The molecule has 0 amide bonds. The number of hydrogen-bond acceptors (Lipinski definition) is 4. The fourth-order valence-corrected chi connectivity index (χ4v) is 4.41. The van der Waals surface area contributed by atoms with E-state index >= 15 is 0 Å². The summed E-state index contributed by atoms with van der Waals surface area (Å²) in [6.07, 6.45) is 0. The Balaban J connectivity index is 2.99. The molecule has 2 unspecified atom stereocenters. The van der Waals surface area contributed by atoms with Crippen molar-refractivity contribution in [1.82, 2.24) is 4.31 Å². The predicted octanol–water partition coefficient (Wildman–Crippen LogP) is 0.184. The van der Waals surface area contributed by atoms with Crippen LogP contribution in [0.1, 0.15) is 13.8 Å². The van der Waals surface area contributed by atoms with Gasteiger partial charge in [-0.2, -0.15) is 4.31 Å². The molecule has 1 aliphatic heterocycles. The average Bonchev–Trinajstić information content (AvgIpc) is 2.47. The van der Waals surface area contributed by atoms with Crippen LogP contribution in [-0.2, 0) is 14.8 Å². The number of nitrogens with zero attached hydrogens (tertiary/aromatic N) is 1. The summed E-state index contributed by atoms with van der Waals surface area (Å²) >= 11 is 1.35. The Morgan fingerprint density at radius 2 is 2.21 bits per heavy atom. The summed E-state index contributed by atoms with van der Waals surface area (Å²) in [6, 6.07) is -0.903. The molecule has 14 heavy (non-hydrogen) atoms. The first-order valence-electron chi connectivity index (χ1n) is 4.25. The van der Waals surface area contributed by atoms with E-state index in [9.17, 15) is 13.2 Å². The molecule has 0 aromatic carbocycles. The third-order valence-corrected chi connectivity index (χ3v) is 5.43. The van der Waals surface area contributed by atoms with Gasteiger partial charge in [0.05, 0.1) is 11.1 Å². The van der Waals surface area contributed by atoms with Crippen LogP contribution >= 0.6 is 11.8 Å². The molecule has 0 spiro atoms. The SMILES string of the molecule is CCS(=O)(=O)N1C(C)SCC1C(=O)O. The lowest BCUT2D eigenvalue weighted by atomic mass is 10.3. The van der Waals surface area contributed by atoms with Gasteiger partial charge in [-0.3, -0.25) is 4.79 Å². The third-order valence-electron chi connectivity index (χ3n) is 2.13. The molecule has 1 fully saturated rings. The average molecular weight is 239 g/mol. The molecule has 1 rings (SSSR count). The molecule has 5 nitrogen and oxygen atoms in total. The van der Waals surface area contributed by atoms with Crippen LogP contribution in [-0.4, -0.2) is 46.7 Å². The number of carbonyl (C=O) groups is 1. The molecule has 0 aromatic heterocycles. The minimum absolute atomic E-state index is 0.0539. The van der Waals surface area contributed by atoms with Crippen molar-refractivity contribution in [3.05, 3.63) is 0 Å². The van der Waals surface area contributed by atoms with Gasteiger partial charge in [0.25, 0.3) is 0 Å². The van der Waals surface area contributed by atoms with Crippen molar-refractivity contribution in [2.45, 2.75) is 25.3 Å². The molecule has 7 heteroatoms. The number of hydrogen-bond donors (Lipinski definition) is 1. The highest BCUT2D eigenvalue weighted by atomic mass is 32.2. The molecule has 0 bridgehead atoms. The van der Waals surface area contributed by atoms with Crippen molar-refractivity contribution >= 4 is 27.8 Å². The van der Waals surface area contributed by atoms with Gasteiger partial charge in [-0.25, -0.2) is 8.42 Å². The van der Waals surface area contributed by atoms with Crippen LogP contribution in [0.5, 0.6) is 0 Å². The van der Waals surface area contributed by atoms with E-state index in [1.54, 1.807) is 6.92 Å². The van der Waals surface area contributed by atoms with Crippen molar-refractivity contribution < 1.29 is 18.3 Å². The Kier molecular flexibility index (Phi) is 3.44. The topological polar surface area (TPSA) is 74.7 Å². The minimum Gasteiger partial charge on any atom is -0.480 e. The maximum atomic E-state index is 11.6. The Hall–Kier alpha value is -0.270. The number of carboxylic acids is 1. The molecule has 1 aliphatic rings. The standard InChI is InChI=1S/C7H13NO4S2/c1-3-14(11,12)8-5(2)13-4-6(8)7(9)10/h5-6H,3-4H2,1-2H3,(H,9,10). The van der Waals surface area contributed by atoms with Crippen molar-refractivity contribution in [2.24, 2.45) is 0 Å². The zero-order chi connectivity index (χ0) is 10.9. The summed E-state index contributed by atoms with van der Waals surface area (Å²) in [4.78, 5) is 10.8. The van der Waals surface area contributed by atoms with Gasteiger partial charge >= 0.3 is 5.97 Å². The van der Waals surface area contributed by atoms with Crippen molar-refractivity contribution in [3.8, 4) is 0 Å². The van der Waals surface area contributed by atoms with Gasteiger partial charge in [0.2, 0.25) is 10.0 Å². The lowest BCUT2D eigenvalue weighted by molar-refractivity contribution is -0.140. The van der Waals surface area contributed by atoms with Crippen LogP contribution in [0.4, 0.5) is 0 Å². The smallest absolute Gasteiger partial charge is 0.322 e. The summed E-state index contributed by atoms with van der Waals surface area (Å²) in [7, 11) is -3.41. The number of sulfonamides is 1. The van der Waals surface area contributed by atoms with Gasteiger partial charge in [-0.15, -0.1) is 11.8 Å².